The summed E-state index contributed by atoms with van der Waals surface area (Å²) < 4.78 is 2.55. The molecule has 0 atom stereocenters. The second-order valence-corrected chi connectivity index (χ2v) is 11.0. The topological polar surface area (TPSA) is 24.3 Å². The maximum absolute atomic E-state index is 5.23. The summed E-state index contributed by atoms with van der Waals surface area (Å²) in [5, 5.41) is 1.41. The van der Waals surface area contributed by atoms with Gasteiger partial charge >= 0.3 is 0 Å². The number of anilines is 1. The Hall–Kier alpha value is -2.33. The monoisotopic (exact) mass is 458 g/mol. The summed E-state index contributed by atoms with van der Waals surface area (Å²) in [7, 11) is 0. The first kappa shape index (κ1) is 23.4. The normalized spacial score (nSPS) is 16.6. The fraction of sp³-hybridized carbons (Fsp3) is 0.567. The number of aromatic nitrogens is 2. The predicted molar refractivity (Wildman–Crippen MR) is 145 cm³/mol. The molecule has 3 aromatic rings. The van der Waals surface area contributed by atoms with Crippen LogP contribution in [0.15, 0.2) is 18.2 Å². The lowest BCUT2D eigenvalue weighted by atomic mass is 9.94. The number of benzene rings is 1. The van der Waals surface area contributed by atoms with Crippen molar-refractivity contribution in [1.29, 1.82) is 0 Å². The smallest absolute Gasteiger partial charge is 0.147 e. The number of nitrogens with zero attached hydrogens (tertiary/aromatic N) is 4. The fourth-order valence-electron chi connectivity index (χ4n) is 6.53. The average molecular weight is 459 g/mol. The van der Waals surface area contributed by atoms with Crippen LogP contribution in [-0.2, 0) is 12.8 Å². The Morgan fingerprint density at radius 3 is 2.26 bits per heavy atom. The van der Waals surface area contributed by atoms with Gasteiger partial charge in [-0.2, -0.15) is 0 Å². The van der Waals surface area contributed by atoms with Crippen molar-refractivity contribution in [1.82, 2.24) is 14.5 Å². The average Bonchev–Trinajstić information content (AvgIpc) is 3.40. The van der Waals surface area contributed by atoms with Gasteiger partial charge in [-0.1, -0.05) is 17.7 Å². The summed E-state index contributed by atoms with van der Waals surface area (Å²) in [6.45, 7) is 18.4. The Kier molecular flexibility index (Phi) is 6.45. The molecule has 2 aromatic heterocycles. The van der Waals surface area contributed by atoms with E-state index >= 15 is 0 Å². The molecular formula is C30H42N4. The quantitative estimate of drug-likeness (QED) is 0.424. The van der Waals surface area contributed by atoms with Crippen LogP contribution in [0.25, 0.3) is 16.7 Å². The van der Waals surface area contributed by atoms with Crippen molar-refractivity contribution >= 4 is 16.7 Å². The van der Waals surface area contributed by atoms with Crippen molar-refractivity contribution in [2.45, 2.75) is 86.1 Å². The Labute approximate surface area is 206 Å². The second-order valence-electron chi connectivity index (χ2n) is 11.0. The van der Waals surface area contributed by atoms with E-state index in [1.165, 1.54) is 90.0 Å². The number of hydrogen-bond acceptors (Lipinski definition) is 3. The molecule has 0 saturated carbocycles. The minimum atomic E-state index is 0.457. The second kappa shape index (κ2) is 9.37. The number of rotatable bonds is 6. The van der Waals surface area contributed by atoms with E-state index < -0.39 is 0 Å². The van der Waals surface area contributed by atoms with Crippen LogP contribution < -0.4 is 4.90 Å². The summed E-state index contributed by atoms with van der Waals surface area (Å²) in [5.41, 5.74) is 12.1. The van der Waals surface area contributed by atoms with E-state index in [2.05, 4.69) is 74.1 Å². The van der Waals surface area contributed by atoms with Crippen molar-refractivity contribution in [3.63, 3.8) is 0 Å². The standard InChI is InChI=1S/C30H42N4/c1-20(2)33(16-15-32-13-9-10-14-32)27-19-24(6)31-30-28(27)25-11-7-8-12-26(25)34(30)29-22(4)17-21(3)18-23(29)5/h17-20H,7-16H2,1-6H3. The first-order valence-electron chi connectivity index (χ1n) is 13.5. The van der Waals surface area contributed by atoms with Crippen molar-refractivity contribution in [2.24, 2.45) is 0 Å². The first-order valence-corrected chi connectivity index (χ1v) is 13.5. The molecule has 1 aliphatic heterocycles. The molecule has 1 aliphatic carbocycles. The van der Waals surface area contributed by atoms with Gasteiger partial charge in [0.25, 0.3) is 0 Å². The summed E-state index contributed by atoms with van der Waals surface area (Å²) in [4.78, 5) is 10.5. The van der Waals surface area contributed by atoms with Gasteiger partial charge in [0.15, 0.2) is 0 Å². The molecule has 4 nitrogen and oxygen atoms in total. The SMILES string of the molecule is Cc1cc(C)c(-n2c3c(c4c(N(CCN5CCCC5)C(C)C)cc(C)nc42)CCCC3)c(C)c1. The third-order valence-electron chi connectivity index (χ3n) is 7.98. The van der Waals surface area contributed by atoms with E-state index in [1.807, 2.05) is 0 Å². The molecule has 1 aromatic carbocycles. The highest BCUT2D eigenvalue weighted by atomic mass is 15.2. The summed E-state index contributed by atoms with van der Waals surface area (Å²) in [6.07, 6.45) is 7.56. The molecule has 0 bridgehead atoms. The highest BCUT2D eigenvalue weighted by Crippen LogP contribution is 2.41. The van der Waals surface area contributed by atoms with E-state index in [0.717, 1.165) is 25.2 Å². The molecule has 0 unspecified atom stereocenters. The van der Waals surface area contributed by atoms with Crippen molar-refractivity contribution in [3.05, 3.63) is 51.8 Å². The van der Waals surface area contributed by atoms with E-state index in [1.54, 1.807) is 5.56 Å². The van der Waals surface area contributed by atoms with Crippen LogP contribution in [0.3, 0.4) is 0 Å². The lowest BCUT2D eigenvalue weighted by molar-refractivity contribution is 0.342. The molecule has 0 N–H and O–H groups in total. The predicted octanol–water partition coefficient (Wildman–Crippen LogP) is 6.45. The Balaban J connectivity index is 1.72. The number of fused-ring (bicyclic) bond motifs is 3. The highest BCUT2D eigenvalue weighted by Gasteiger charge is 2.28. The van der Waals surface area contributed by atoms with E-state index in [9.17, 15) is 0 Å². The van der Waals surface area contributed by atoms with Gasteiger partial charge in [0.2, 0.25) is 0 Å². The Morgan fingerprint density at radius 1 is 0.912 bits per heavy atom. The molecule has 1 fully saturated rings. The number of pyridine rings is 1. The molecular weight excluding hydrogens is 416 g/mol. The van der Waals surface area contributed by atoms with Gasteiger partial charge in [-0.3, -0.25) is 4.57 Å². The third kappa shape index (κ3) is 4.15. The molecule has 0 spiro atoms. The van der Waals surface area contributed by atoms with Crippen LogP contribution in [0.4, 0.5) is 5.69 Å². The van der Waals surface area contributed by atoms with Crippen LogP contribution >= 0.6 is 0 Å². The van der Waals surface area contributed by atoms with Crippen LogP contribution in [0, 0.1) is 27.7 Å². The van der Waals surface area contributed by atoms with E-state index in [4.69, 9.17) is 4.98 Å². The summed E-state index contributed by atoms with van der Waals surface area (Å²) >= 11 is 0. The zero-order chi connectivity index (χ0) is 24.0. The highest BCUT2D eigenvalue weighted by molar-refractivity contribution is 5.96. The van der Waals surface area contributed by atoms with Crippen molar-refractivity contribution < 1.29 is 0 Å². The lowest BCUT2D eigenvalue weighted by Crippen LogP contribution is -2.38. The third-order valence-corrected chi connectivity index (χ3v) is 7.98. The Bertz CT molecular complexity index is 1170. The van der Waals surface area contributed by atoms with Gasteiger partial charge in [0.1, 0.15) is 5.65 Å². The molecule has 4 heteroatoms. The van der Waals surface area contributed by atoms with Crippen molar-refractivity contribution in [3.8, 4) is 5.69 Å². The minimum absolute atomic E-state index is 0.457. The molecule has 0 radical (unpaired) electrons. The van der Waals surface area contributed by atoms with Crippen LogP contribution in [-0.4, -0.2) is 46.7 Å². The van der Waals surface area contributed by atoms with Gasteiger partial charge in [0.05, 0.1) is 11.4 Å². The number of hydrogen-bond donors (Lipinski definition) is 0. The van der Waals surface area contributed by atoms with Crippen molar-refractivity contribution in [2.75, 3.05) is 31.1 Å². The van der Waals surface area contributed by atoms with Crippen LogP contribution in [0.5, 0.6) is 0 Å². The Morgan fingerprint density at radius 2 is 1.59 bits per heavy atom. The summed E-state index contributed by atoms with van der Waals surface area (Å²) in [5.74, 6) is 0. The zero-order valence-electron chi connectivity index (χ0n) is 22.2. The zero-order valence-corrected chi connectivity index (χ0v) is 22.2. The molecule has 182 valence electrons. The van der Waals surface area contributed by atoms with Crippen LogP contribution in [0.2, 0.25) is 0 Å². The lowest BCUT2D eigenvalue weighted by Gasteiger charge is -2.32. The minimum Gasteiger partial charge on any atom is -0.367 e. The molecule has 0 amide bonds. The fourth-order valence-corrected chi connectivity index (χ4v) is 6.53. The largest absolute Gasteiger partial charge is 0.367 e. The van der Waals surface area contributed by atoms with Gasteiger partial charge in [0, 0.05) is 35.9 Å². The maximum atomic E-state index is 5.23. The maximum Gasteiger partial charge on any atom is 0.147 e. The number of aryl methyl sites for hydroxylation is 5. The molecule has 3 heterocycles. The molecule has 2 aliphatic rings. The summed E-state index contributed by atoms with van der Waals surface area (Å²) in [6, 6.07) is 7.48. The first-order chi connectivity index (χ1) is 16.3. The molecule has 34 heavy (non-hydrogen) atoms. The van der Waals surface area contributed by atoms with Gasteiger partial charge in [-0.15, -0.1) is 0 Å². The molecule has 1 saturated heterocycles. The van der Waals surface area contributed by atoms with Crippen LogP contribution in [0.1, 0.15) is 73.2 Å². The van der Waals surface area contributed by atoms with Gasteiger partial charge in [-0.05, 0) is 116 Å². The van der Waals surface area contributed by atoms with Gasteiger partial charge < -0.3 is 9.80 Å². The van der Waals surface area contributed by atoms with E-state index in [-0.39, 0.29) is 0 Å². The van der Waals surface area contributed by atoms with E-state index in [0.29, 0.717) is 6.04 Å². The number of likely N-dealkylation sites (tertiary alicyclic amines) is 1. The molecule has 5 rings (SSSR count). The van der Waals surface area contributed by atoms with Gasteiger partial charge in [-0.25, -0.2) is 4.98 Å².